The van der Waals surface area contributed by atoms with Crippen molar-refractivity contribution in [1.82, 2.24) is 9.80 Å². The van der Waals surface area contributed by atoms with Crippen LogP contribution in [0.3, 0.4) is 0 Å². The highest BCUT2D eigenvalue weighted by atomic mass is 32.2. The summed E-state index contributed by atoms with van der Waals surface area (Å²) in [7, 11) is 0. The number of halogens is 1. The zero-order valence-corrected chi connectivity index (χ0v) is 23.1. The molecule has 39 heavy (non-hydrogen) atoms. The molecular formula is C27H32FN3O7S. The summed E-state index contributed by atoms with van der Waals surface area (Å²) in [5.41, 5.74) is -0.991. The van der Waals surface area contributed by atoms with Crippen molar-refractivity contribution in [3.63, 3.8) is 0 Å². The number of nitrogens with zero attached hydrogens (tertiary/aromatic N) is 3. The van der Waals surface area contributed by atoms with Gasteiger partial charge in [0.2, 0.25) is 5.91 Å². The standard InChI is InChI=1S/C27H32FN3O7S/c1-5-37-19-7-6-16(28)12-18(19)20(38-17-8-10-36-11-9-17)14-30-24-22(15(2)21(13-29)39-24)23(32)31(26(30)35)27(3,4)25(33)34/h6-7,12,17,20,22,24H,5,8-11,14H2,1-4H3,(H,33,34)/t20-,22?,24?/m0/s1. The van der Waals surface area contributed by atoms with Gasteiger partial charge in [-0.3, -0.25) is 4.79 Å². The Bertz CT molecular complexity index is 1220. The number of ether oxygens (including phenoxy) is 3. The minimum atomic E-state index is -1.86. The zero-order chi connectivity index (χ0) is 28.5. The molecule has 1 aromatic rings. The summed E-state index contributed by atoms with van der Waals surface area (Å²) in [6.45, 7) is 7.18. The van der Waals surface area contributed by atoms with Gasteiger partial charge in [-0.25, -0.2) is 18.9 Å². The maximum atomic E-state index is 14.5. The second-order valence-corrected chi connectivity index (χ2v) is 11.3. The van der Waals surface area contributed by atoms with Crippen molar-refractivity contribution < 1.29 is 38.1 Å². The smallest absolute Gasteiger partial charge is 0.329 e. The van der Waals surface area contributed by atoms with E-state index in [1.165, 1.54) is 36.9 Å². The first kappa shape index (κ1) is 28.9. The number of nitriles is 1. The Morgan fingerprint density at radius 3 is 2.64 bits per heavy atom. The minimum Gasteiger partial charge on any atom is -0.493 e. The third-order valence-corrected chi connectivity index (χ3v) is 8.69. The molecule has 3 amide bonds. The number of benzene rings is 1. The minimum absolute atomic E-state index is 0.126. The maximum absolute atomic E-state index is 14.5. The first-order chi connectivity index (χ1) is 18.5. The number of allylic oxidation sites excluding steroid dienone is 1. The van der Waals surface area contributed by atoms with Crippen LogP contribution in [0.5, 0.6) is 5.75 Å². The van der Waals surface area contributed by atoms with Gasteiger partial charge in [-0.1, -0.05) is 11.8 Å². The molecule has 12 heteroatoms. The van der Waals surface area contributed by atoms with E-state index in [0.717, 1.165) is 16.7 Å². The van der Waals surface area contributed by atoms with Crippen LogP contribution in [0.15, 0.2) is 28.7 Å². The quantitative estimate of drug-likeness (QED) is 0.474. The molecule has 3 atom stereocenters. The molecular weight excluding hydrogens is 529 g/mol. The van der Waals surface area contributed by atoms with E-state index >= 15 is 0 Å². The summed E-state index contributed by atoms with van der Waals surface area (Å²) in [6.07, 6.45) is 0.0852. The Morgan fingerprint density at radius 2 is 2.03 bits per heavy atom. The lowest BCUT2D eigenvalue weighted by molar-refractivity contribution is -0.158. The summed E-state index contributed by atoms with van der Waals surface area (Å²) in [5.74, 6) is -3.06. The number of hydrogen-bond donors (Lipinski definition) is 1. The monoisotopic (exact) mass is 561 g/mol. The van der Waals surface area contributed by atoms with E-state index in [4.69, 9.17) is 14.2 Å². The molecule has 3 aliphatic rings. The lowest BCUT2D eigenvalue weighted by Gasteiger charge is -2.47. The molecule has 0 spiro atoms. The van der Waals surface area contributed by atoms with Gasteiger partial charge in [0.1, 0.15) is 34.7 Å². The van der Waals surface area contributed by atoms with E-state index in [9.17, 15) is 29.1 Å². The van der Waals surface area contributed by atoms with Crippen LogP contribution >= 0.6 is 11.8 Å². The molecule has 2 unspecified atom stereocenters. The Balaban J connectivity index is 1.79. The van der Waals surface area contributed by atoms with E-state index < -0.39 is 46.7 Å². The second kappa shape index (κ2) is 11.5. The number of rotatable bonds is 9. The highest BCUT2D eigenvalue weighted by Gasteiger charge is 2.57. The number of amides is 3. The second-order valence-electron chi connectivity index (χ2n) is 10.1. The fourth-order valence-corrected chi connectivity index (χ4v) is 6.43. The predicted molar refractivity (Wildman–Crippen MR) is 139 cm³/mol. The van der Waals surface area contributed by atoms with Crippen LogP contribution in [0, 0.1) is 23.1 Å². The SMILES string of the molecule is CCOc1ccc(F)cc1[C@H](CN1C(=O)N(C(C)(C)C(=O)O)C(=O)C2C(C)=C(C#N)SC21)OC1CCOCC1. The Kier molecular flexibility index (Phi) is 8.54. The number of carboxylic acid groups (broad SMARTS) is 1. The predicted octanol–water partition coefficient (Wildman–Crippen LogP) is 4.08. The molecule has 2 saturated heterocycles. The number of carboxylic acids is 1. The van der Waals surface area contributed by atoms with E-state index in [-0.39, 0.29) is 12.6 Å². The van der Waals surface area contributed by atoms with Crippen molar-refractivity contribution in [3.05, 3.63) is 40.1 Å². The molecule has 0 aromatic heterocycles. The number of carbonyl (C=O) groups excluding carboxylic acids is 2. The summed E-state index contributed by atoms with van der Waals surface area (Å²) >= 11 is 1.09. The molecule has 4 rings (SSSR count). The maximum Gasteiger partial charge on any atom is 0.329 e. The molecule has 210 valence electrons. The highest BCUT2D eigenvalue weighted by Crippen LogP contribution is 2.48. The number of imide groups is 1. The zero-order valence-electron chi connectivity index (χ0n) is 22.3. The van der Waals surface area contributed by atoms with Crippen LogP contribution < -0.4 is 4.74 Å². The number of hydrogen-bond acceptors (Lipinski definition) is 8. The van der Waals surface area contributed by atoms with Crippen LogP contribution in [0.1, 0.15) is 52.2 Å². The fourth-order valence-electron chi connectivity index (χ4n) is 5.06. The first-order valence-corrected chi connectivity index (χ1v) is 13.7. The average molecular weight is 562 g/mol. The van der Waals surface area contributed by atoms with Gasteiger partial charge in [-0.2, -0.15) is 5.26 Å². The van der Waals surface area contributed by atoms with Crippen molar-refractivity contribution >= 4 is 29.7 Å². The number of urea groups is 1. The normalized spacial score (nSPS) is 23.1. The van der Waals surface area contributed by atoms with Crippen molar-refractivity contribution in [3.8, 4) is 11.8 Å². The van der Waals surface area contributed by atoms with Crippen molar-refractivity contribution in [2.75, 3.05) is 26.4 Å². The summed E-state index contributed by atoms with van der Waals surface area (Å²) in [4.78, 5) is 42.1. The van der Waals surface area contributed by atoms with Gasteiger partial charge in [0, 0.05) is 18.8 Å². The molecule has 2 fully saturated rings. The average Bonchev–Trinajstić information content (AvgIpc) is 3.23. The number of fused-ring (bicyclic) bond motifs is 1. The van der Waals surface area contributed by atoms with E-state index in [0.29, 0.717) is 54.5 Å². The Morgan fingerprint density at radius 1 is 1.33 bits per heavy atom. The topological polar surface area (TPSA) is 129 Å². The molecule has 0 aliphatic carbocycles. The van der Waals surface area contributed by atoms with E-state index in [2.05, 4.69) is 6.07 Å². The van der Waals surface area contributed by atoms with E-state index in [1.54, 1.807) is 13.8 Å². The molecule has 1 aromatic carbocycles. The third kappa shape index (κ3) is 5.48. The molecule has 0 bridgehead atoms. The van der Waals surface area contributed by atoms with Crippen LogP contribution in [-0.4, -0.2) is 76.2 Å². The molecule has 3 heterocycles. The van der Waals surface area contributed by atoms with Crippen molar-refractivity contribution in [1.29, 1.82) is 5.26 Å². The van der Waals surface area contributed by atoms with Gasteiger partial charge in [0.05, 0.1) is 30.1 Å². The lowest BCUT2D eigenvalue weighted by atomic mass is 9.91. The number of carbonyl (C=O) groups is 3. The Labute approximate surface area is 230 Å². The molecule has 10 nitrogen and oxygen atoms in total. The summed E-state index contributed by atoms with van der Waals surface area (Å²) in [5, 5.41) is 18.8. The van der Waals surface area contributed by atoms with Gasteiger partial charge >= 0.3 is 12.0 Å². The van der Waals surface area contributed by atoms with Gasteiger partial charge in [0.15, 0.2) is 0 Å². The van der Waals surface area contributed by atoms with E-state index in [1.807, 2.05) is 0 Å². The fraction of sp³-hybridized carbons (Fsp3) is 0.556. The molecule has 0 saturated carbocycles. The van der Waals surface area contributed by atoms with Crippen LogP contribution in [0.4, 0.5) is 9.18 Å². The Hall–Kier alpha value is -3.14. The van der Waals surface area contributed by atoms with Crippen molar-refractivity contribution in [2.24, 2.45) is 5.92 Å². The highest BCUT2D eigenvalue weighted by molar-refractivity contribution is 8.04. The third-order valence-electron chi connectivity index (χ3n) is 7.27. The largest absolute Gasteiger partial charge is 0.493 e. The lowest BCUT2D eigenvalue weighted by Crippen LogP contribution is -2.67. The molecule has 1 N–H and O–H groups in total. The van der Waals surface area contributed by atoms with Gasteiger partial charge in [-0.15, -0.1) is 0 Å². The van der Waals surface area contributed by atoms with Crippen LogP contribution in [0.25, 0.3) is 0 Å². The van der Waals surface area contributed by atoms with Crippen LogP contribution in [-0.2, 0) is 19.1 Å². The number of thioether (sulfide) groups is 1. The number of aliphatic carboxylic acids is 1. The molecule has 0 radical (unpaired) electrons. The van der Waals surface area contributed by atoms with Gasteiger partial charge in [-0.05, 0) is 64.3 Å². The van der Waals surface area contributed by atoms with Crippen LogP contribution in [0.2, 0.25) is 0 Å². The molecule has 3 aliphatic heterocycles. The first-order valence-electron chi connectivity index (χ1n) is 12.8. The van der Waals surface area contributed by atoms with Gasteiger partial charge < -0.3 is 24.2 Å². The summed E-state index contributed by atoms with van der Waals surface area (Å²) in [6, 6.07) is 5.35. The van der Waals surface area contributed by atoms with Crippen molar-refractivity contribution in [2.45, 2.75) is 63.7 Å². The van der Waals surface area contributed by atoms with Gasteiger partial charge in [0.25, 0.3) is 0 Å². The summed E-state index contributed by atoms with van der Waals surface area (Å²) < 4.78 is 32.2.